The van der Waals surface area contributed by atoms with Crippen LogP contribution < -0.4 is 0 Å². The van der Waals surface area contributed by atoms with Crippen molar-refractivity contribution in [2.24, 2.45) is 0 Å². The van der Waals surface area contributed by atoms with Crippen molar-refractivity contribution >= 4 is 22.5 Å². The van der Waals surface area contributed by atoms with Crippen LogP contribution in [0.5, 0.6) is 0 Å². The Morgan fingerprint density at radius 2 is 1.32 bits per heavy atom. The summed E-state index contributed by atoms with van der Waals surface area (Å²) in [6, 6.07) is 26.8. The lowest BCUT2D eigenvalue weighted by Crippen LogP contribution is -1.82. The fourth-order valence-electron chi connectivity index (χ4n) is 2.89. The van der Waals surface area contributed by atoms with Crippen molar-refractivity contribution in [3.05, 3.63) is 83.9 Å². The Morgan fingerprint density at radius 1 is 0.682 bits per heavy atom. The average molecular weight is 304 g/mol. The summed E-state index contributed by atoms with van der Waals surface area (Å²) in [5.74, 6) is 0. The van der Waals surface area contributed by atoms with Crippen molar-refractivity contribution in [1.82, 2.24) is 4.98 Å². The normalized spacial score (nSPS) is 11.0. The third-order valence-corrected chi connectivity index (χ3v) is 4.12. The van der Waals surface area contributed by atoms with Crippen molar-refractivity contribution in [1.29, 1.82) is 0 Å². The van der Waals surface area contributed by atoms with Crippen molar-refractivity contribution in [3.8, 4) is 22.4 Å². The summed E-state index contributed by atoms with van der Waals surface area (Å²) in [6.45, 7) is 0. The largest absolute Gasteiger partial charge is 0.354 e. The van der Waals surface area contributed by atoms with Gasteiger partial charge in [0.15, 0.2) is 0 Å². The molecule has 0 saturated heterocycles. The fraction of sp³-hybridized carbons (Fsp3) is 0. The second kappa shape index (κ2) is 5.36. The molecule has 1 heterocycles. The van der Waals surface area contributed by atoms with E-state index >= 15 is 0 Å². The van der Waals surface area contributed by atoms with E-state index in [9.17, 15) is 0 Å². The predicted molar refractivity (Wildman–Crippen MR) is 94.2 cm³/mol. The van der Waals surface area contributed by atoms with Crippen LogP contribution in [0.1, 0.15) is 0 Å². The van der Waals surface area contributed by atoms with Crippen LogP contribution in [0.2, 0.25) is 5.02 Å². The molecule has 3 aromatic carbocycles. The van der Waals surface area contributed by atoms with E-state index in [0.29, 0.717) is 0 Å². The molecule has 0 radical (unpaired) electrons. The molecule has 0 fully saturated rings. The van der Waals surface area contributed by atoms with Gasteiger partial charge in [-0.3, -0.25) is 0 Å². The molecule has 4 rings (SSSR count). The Balaban J connectivity index is 2.08. The maximum Gasteiger partial charge on any atom is 0.0544 e. The number of hydrogen-bond acceptors (Lipinski definition) is 0. The Labute approximate surface area is 134 Å². The summed E-state index contributed by atoms with van der Waals surface area (Å²) < 4.78 is 0. The molecule has 0 bridgehead atoms. The van der Waals surface area contributed by atoms with E-state index in [2.05, 4.69) is 53.5 Å². The maximum absolute atomic E-state index is 6.22. The van der Waals surface area contributed by atoms with Gasteiger partial charge in [0.1, 0.15) is 0 Å². The van der Waals surface area contributed by atoms with Gasteiger partial charge in [-0.15, -0.1) is 0 Å². The first-order valence-electron chi connectivity index (χ1n) is 7.25. The van der Waals surface area contributed by atoms with Crippen molar-refractivity contribution in [2.45, 2.75) is 0 Å². The topological polar surface area (TPSA) is 15.8 Å². The van der Waals surface area contributed by atoms with Gasteiger partial charge < -0.3 is 4.98 Å². The SMILES string of the molecule is Clc1ccc2[nH]c(-c3ccccc3)c(-c3ccccc3)c2c1. The van der Waals surface area contributed by atoms with Gasteiger partial charge in [0, 0.05) is 21.5 Å². The quantitative estimate of drug-likeness (QED) is 0.457. The molecule has 4 aromatic rings. The van der Waals surface area contributed by atoms with E-state index in [1.54, 1.807) is 0 Å². The van der Waals surface area contributed by atoms with E-state index in [0.717, 1.165) is 21.6 Å². The van der Waals surface area contributed by atoms with Gasteiger partial charge in [-0.25, -0.2) is 0 Å². The van der Waals surface area contributed by atoms with E-state index in [4.69, 9.17) is 11.6 Å². The monoisotopic (exact) mass is 303 g/mol. The molecule has 0 aliphatic rings. The number of aromatic amines is 1. The molecule has 1 aromatic heterocycles. The van der Waals surface area contributed by atoms with Gasteiger partial charge in [-0.2, -0.15) is 0 Å². The summed E-state index contributed by atoms with van der Waals surface area (Å²) in [5.41, 5.74) is 5.79. The number of fused-ring (bicyclic) bond motifs is 1. The number of H-pyrrole nitrogens is 1. The first kappa shape index (κ1) is 13.2. The number of nitrogens with one attached hydrogen (secondary N) is 1. The summed E-state index contributed by atoms with van der Waals surface area (Å²) >= 11 is 6.22. The minimum absolute atomic E-state index is 0.753. The lowest BCUT2D eigenvalue weighted by Gasteiger charge is -2.05. The maximum atomic E-state index is 6.22. The number of hydrogen-bond donors (Lipinski definition) is 1. The van der Waals surface area contributed by atoms with E-state index in [1.807, 2.05) is 30.3 Å². The third-order valence-electron chi connectivity index (χ3n) is 3.89. The molecule has 1 N–H and O–H groups in total. The summed E-state index contributed by atoms with van der Waals surface area (Å²) in [6.07, 6.45) is 0. The lowest BCUT2D eigenvalue weighted by atomic mass is 9.98. The lowest BCUT2D eigenvalue weighted by molar-refractivity contribution is 1.45. The van der Waals surface area contributed by atoms with E-state index in [-0.39, 0.29) is 0 Å². The standard InChI is InChI=1S/C20H14ClN/c21-16-11-12-18-17(13-16)19(14-7-3-1-4-8-14)20(22-18)15-9-5-2-6-10-15/h1-13,22H. The zero-order valence-corrected chi connectivity index (χ0v) is 12.6. The zero-order valence-electron chi connectivity index (χ0n) is 11.9. The van der Waals surface area contributed by atoms with Crippen LogP contribution in [0, 0.1) is 0 Å². The van der Waals surface area contributed by atoms with Crippen LogP contribution in [0.3, 0.4) is 0 Å². The Bertz CT molecular complexity index is 924. The number of benzene rings is 3. The van der Waals surface area contributed by atoms with Crippen LogP contribution in [-0.4, -0.2) is 4.98 Å². The zero-order chi connectivity index (χ0) is 14.9. The second-order valence-electron chi connectivity index (χ2n) is 5.30. The average Bonchev–Trinajstić information content (AvgIpc) is 2.95. The Kier molecular flexibility index (Phi) is 3.21. The van der Waals surface area contributed by atoms with Crippen molar-refractivity contribution in [3.63, 3.8) is 0 Å². The fourth-order valence-corrected chi connectivity index (χ4v) is 3.06. The minimum Gasteiger partial charge on any atom is -0.354 e. The molecule has 0 unspecified atom stereocenters. The molecular formula is C20H14ClN. The van der Waals surface area contributed by atoms with Crippen LogP contribution in [-0.2, 0) is 0 Å². The van der Waals surface area contributed by atoms with E-state index in [1.165, 1.54) is 16.7 Å². The Morgan fingerprint density at radius 3 is 2.00 bits per heavy atom. The third kappa shape index (κ3) is 2.20. The predicted octanol–water partition coefficient (Wildman–Crippen LogP) is 6.16. The van der Waals surface area contributed by atoms with Crippen LogP contribution >= 0.6 is 11.6 Å². The van der Waals surface area contributed by atoms with E-state index < -0.39 is 0 Å². The summed E-state index contributed by atoms with van der Waals surface area (Å²) in [5, 5.41) is 1.90. The summed E-state index contributed by atoms with van der Waals surface area (Å²) in [4.78, 5) is 3.55. The summed E-state index contributed by atoms with van der Waals surface area (Å²) in [7, 11) is 0. The van der Waals surface area contributed by atoms with Gasteiger partial charge in [0.05, 0.1) is 5.69 Å². The molecule has 2 heteroatoms. The van der Waals surface area contributed by atoms with Gasteiger partial charge in [0.2, 0.25) is 0 Å². The highest BCUT2D eigenvalue weighted by Crippen LogP contribution is 2.38. The molecule has 1 nitrogen and oxygen atoms in total. The number of rotatable bonds is 2. The van der Waals surface area contributed by atoms with Crippen molar-refractivity contribution < 1.29 is 0 Å². The van der Waals surface area contributed by atoms with Gasteiger partial charge in [0.25, 0.3) is 0 Å². The van der Waals surface area contributed by atoms with Crippen molar-refractivity contribution in [2.75, 3.05) is 0 Å². The highest BCUT2D eigenvalue weighted by Gasteiger charge is 2.14. The van der Waals surface area contributed by atoms with Crippen LogP contribution in [0.4, 0.5) is 0 Å². The Hall–Kier alpha value is -2.51. The van der Waals surface area contributed by atoms with Crippen LogP contribution in [0.15, 0.2) is 78.9 Å². The second-order valence-corrected chi connectivity index (χ2v) is 5.73. The first-order chi connectivity index (χ1) is 10.8. The minimum atomic E-state index is 0.753. The first-order valence-corrected chi connectivity index (χ1v) is 7.63. The van der Waals surface area contributed by atoms with Gasteiger partial charge in [-0.05, 0) is 29.3 Å². The molecule has 0 aliphatic carbocycles. The molecule has 0 saturated carbocycles. The molecule has 22 heavy (non-hydrogen) atoms. The molecule has 0 amide bonds. The smallest absolute Gasteiger partial charge is 0.0544 e. The highest BCUT2D eigenvalue weighted by molar-refractivity contribution is 6.31. The molecular weight excluding hydrogens is 290 g/mol. The van der Waals surface area contributed by atoms with Gasteiger partial charge >= 0.3 is 0 Å². The molecule has 106 valence electrons. The number of halogens is 1. The number of aromatic nitrogens is 1. The highest BCUT2D eigenvalue weighted by atomic mass is 35.5. The molecule has 0 atom stereocenters. The molecule has 0 aliphatic heterocycles. The van der Waals surface area contributed by atoms with Crippen LogP contribution in [0.25, 0.3) is 33.3 Å². The molecule has 0 spiro atoms. The van der Waals surface area contributed by atoms with Gasteiger partial charge in [-0.1, -0.05) is 72.3 Å².